The minimum Gasteiger partial charge on any atom is -0.396 e. The number of nitrogens with zero attached hydrogens (tertiary/aromatic N) is 2. The molecule has 4 nitrogen and oxygen atoms in total. The third kappa shape index (κ3) is 1.36. The lowest BCUT2D eigenvalue weighted by Gasteiger charge is -1.92. The van der Waals surface area contributed by atoms with Gasteiger partial charge in [0.2, 0.25) is 0 Å². The van der Waals surface area contributed by atoms with Crippen molar-refractivity contribution in [3.05, 3.63) is 18.2 Å². The molecule has 0 unspecified atom stereocenters. The molecule has 0 aliphatic carbocycles. The zero-order valence-corrected chi connectivity index (χ0v) is 4.91. The van der Waals surface area contributed by atoms with Crippen LogP contribution in [0.25, 0.3) is 0 Å². The maximum absolute atomic E-state index is 5.32. The molecule has 0 aliphatic heterocycles. The molecule has 1 rings (SSSR count). The molecule has 0 fully saturated rings. The molecule has 0 saturated heterocycles. The van der Waals surface area contributed by atoms with Crippen molar-refractivity contribution in [1.29, 1.82) is 0 Å². The highest BCUT2D eigenvalue weighted by Crippen LogP contribution is 1.93. The molecule has 0 amide bonds. The molecule has 48 valence electrons. The molecule has 4 heteroatoms. The normalized spacial score (nSPS) is 9.44. The summed E-state index contributed by atoms with van der Waals surface area (Å²) in [6, 6.07) is 0. The molecule has 0 aromatic carbocycles. The van der Waals surface area contributed by atoms with E-state index < -0.39 is 0 Å². The molecule has 0 aliphatic rings. The van der Waals surface area contributed by atoms with Crippen LogP contribution in [0.1, 0.15) is 5.82 Å². The van der Waals surface area contributed by atoms with E-state index in [0.717, 1.165) is 0 Å². The maximum Gasteiger partial charge on any atom is 0.141 e. The SMILES string of the molecule is NCc1ncc(N)cn1. The molecular weight excluding hydrogens is 116 g/mol. The fraction of sp³-hybridized carbons (Fsp3) is 0.200. The standard InChI is InChI=1S/C5H8N4/c6-1-5-8-2-4(7)3-9-5/h2-3H,1,6-7H2. The minimum atomic E-state index is 0.361. The molecule has 1 aromatic rings. The van der Waals surface area contributed by atoms with Gasteiger partial charge in [0.25, 0.3) is 0 Å². The topological polar surface area (TPSA) is 77.8 Å². The number of nitrogen functional groups attached to an aromatic ring is 1. The van der Waals surface area contributed by atoms with Gasteiger partial charge >= 0.3 is 0 Å². The van der Waals surface area contributed by atoms with Crippen LogP contribution < -0.4 is 11.5 Å². The summed E-state index contributed by atoms with van der Waals surface area (Å²) in [6.45, 7) is 0.361. The molecule has 4 N–H and O–H groups in total. The van der Waals surface area contributed by atoms with E-state index in [2.05, 4.69) is 9.97 Å². The van der Waals surface area contributed by atoms with E-state index >= 15 is 0 Å². The molecule has 0 radical (unpaired) electrons. The highest BCUT2D eigenvalue weighted by atomic mass is 14.9. The van der Waals surface area contributed by atoms with E-state index in [1.165, 1.54) is 12.4 Å². The first kappa shape index (κ1) is 5.97. The second kappa shape index (κ2) is 2.41. The highest BCUT2D eigenvalue weighted by molar-refractivity contribution is 5.29. The fourth-order valence-corrected chi connectivity index (χ4v) is 0.470. The quantitative estimate of drug-likeness (QED) is 0.530. The molecule has 0 saturated carbocycles. The predicted octanol–water partition coefficient (Wildman–Crippen LogP) is -0.483. The summed E-state index contributed by atoms with van der Waals surface area (Å²) in [5, 5.41) is 0. The summed E-state index contributed by atoms with van der Waals surface area (Å²) in [4.78, 5) is 7.67. The van der Waals surface area contributed by atoms with Gasteiger partial charge in [0.1, 0.15) is 5.82 Å². The lowest BCUT2D eigenvalue weighted by molar-refractivity contribution is 0.911. The van der Waals surface area contributed by atoms with Gasteiger partial charge in [0.05, 0.1) is 24.6 Å². The Bertz CT molecular complexity index is 181. The average molecular weight is 124 g/mol. The first-order chi connectivity index (χ1) is 4.33. The lowest BCUT2D eigenvalue weighted by atomic mass is 10.5. The van der Waals surface area contributed by atoms with Crippen LogP contribution in [-0.4, -0.2) is 9.97 Å². The minimum absolute atomic E-state index is 0.361. The summed E-state index contributed by atoms with van der Waals surface area (Å²) >= 11 is 0. The van der Waals surface area contributed by atoms with E-state index in [1.807, 2.05) is 0 Å². The van der Waals surface area contributed by atoms with Crippen LogP contribution in [0.15, 0.2) is 12.4 Å². The molecule has 1 aromatic heterocycles. The van der Waals surface area contributed by atoms with Gasteiger partial charge in [-0.2, -0.15) is 0 Å². The Hall–Kier alpha value is -1.16. The zero-order valence-electron chi connectivity index (χ0n) is 4.91. The summed E-state index contributed by atoms with van der Waals surface area (Å²) in [6.07, 6.45) is 3.07. The molecular formula is C5H8N4. The molecule has 0 spiro atoms. The molecule has 0 atom stereocenters. The average Bonchev–Trinajstić information content (AvgIpc) is 1.90. The van der Waals surface area contributed by atoms with Crippen molar-refractivity contribution in [2.45, 2.75) is 6.54 Å². The molecule has 9 heavy (non-hydrogen) atoms. The van der Waals surface area contributed by atoms with Gasteiger partial charge < -0.3 is 11.5 Å². The Morgan fingerprint density at radius 1 is 1.33 bits per heavy atom. The van der Waals surface area contributed by atoms with Crippen molar-refractivity contribution >= 4 is 5.69 Å². The van der Waals surface area contributed by atoms with Crippen LogP contribution in [0.4, 0.5) is 5.69 Å². The Kier molecular flexibility index (Phi) is 1.60. The van der Waals surface area contributed by atoms with Crippen LogP contribution in [0.2, 0.25) is 0 Å². The van der Waals surface area contributed by atoms with E-state index in [9.17, 15) is 0 Å². The Balaban J connectivity index is 2.88. The maximum atomic E-state index is 5.32. The monoisotopic (exact) mass is 124 g/mol. The number of aromatic nitrogens is 2. The van der Waals surface area contributed by atoms with E-state index in [4.69, 9.17) is 11.5 Å². The number of anilines is 1. The van der Waals surface area contributed by atoms with Gasteiger partial charge in [-0.05, 0) is 0 Å². The smallest absolute Gasteiger partial charge is 0.141 e. The van der Waals surface area contributed by atoms with Crippen molar-refractivity contribution in [2.75, 3.05) is 5.73 Å². The number of rotatable bonds is 1. The first-order valence-corrected chi connectivity index (χ1v) is 2.59. The van der Waals surface area contributed by atoms with Crippen LogP contribution >= 0.6 is 0 Å². The molecule has 1 heterocycles. The van der Waals surface area contributed by atoms with Crippen LogP contribution in [-0.2, 0) is 6.54 Å². The fourth-order valence-electron chi connectivity index (χ4n) is 0.470. The third-order valence-corrected chi connectivity index (χ3v) is 0.908. The van der Waals surface area contributed by atoms with Gasteiger partial charge in [0.15, 0.2) is 0 Å². The summed E-state index contributed by atoms with van der Waals surface area (Å²) in [5.41, 5.74) is 11.1. The first-order valence-electron chi connectivity index (χ1n) is 2.59. The van der Waals surface area contributed by atoms with Crippen LogP contribution in [0, 0.1) is 0 Å². The second-order valence-corrected chi connectivity index (χ2v) is 1.64. The van der Waals surface area contributed by atoms with E-state index in [1.54, 1.807) is 0 Å². The van der Waals surface area contributed by atoms with Crippen LogP contribution in [0.3, 0.4) is 0 Å². The highest BCUT2D eigenvalue weighted by Gasteiger charge is 1.88. The van der Waals surface area contributed by atoms with E-state index in [-0.39, 0.29) is 0 Å². The third-order valence-electron chi connectivity index (χ3n) is 0.908. The lowest BCUT2D eigenvalue weighted by Crippen LogP contribution is -2.02. The van der Waals surface area contributed by atoms with Crippen molar-refractivity contribution in [3.63, 3.8) is 0 Å². The Morgan fingerprint density at radius 2 is 1.89 bits per heavy atom. The second-order valence-electron chi connectivity index (χ2n) is 1.64. The van der Waals surface area contributed by atoms with Crippen LogP contribution in [0.5, 0.6) is 0 Å². The van der Waals surface area contributed by atoms with Crippen molar-refractivity contribution < 1.29 is 0 Å². The number of hydrogen-bond acceptors (Lipinski definition) is 4. The van der Waals surface area contributed by atoms with Crippen molar-refractivity contribution in [2.24, 2.45) is 5.73 Å². The number of hydrogen-bond donors (Lipinski definition) is 2. The van der Waals surface area contributed by atoms with Crippen molar-refractivity contribution in [1.82, 2.24) is 9.97 Å². The molecule has 0 bridgehead atoms. The van der Waals surface area contributed by atoms with Gasteiger partial charge in [-0.25, -0.2) is 9.97 Å². The zero-order chi connectivity index (χ0) is 6.69. The van der Waals surface area contributed by atoms with Crippen molar-refractivity contribution in [3.8, 4) is 0 Å². The summed E-state index contributed by atoms with van der Waals surface area (Å²) in [7, 11) is 0. The Morgan fingerprint density at radius 3 is 2.33 bits per heavy atom. The summed E-state index contributed by atoms with van der Waals surface area (Å²) in [5.74, 6) is 0.615. The van der Waals surface area contributed by atoms with E-state index in [0.29, 0.717) is 18.1 Å². The van der Waals surface area contributed by atoms with Gasteiger partial charge in [0, 0.05) is 0 Å². The van der Waals surface area contributed by atoms with Gasteiger partial charge in [-0.15, -0.1) is 0 Å². The van der Waals surface area contributed by atoms with Gasteiger partial charge in [-0.1, -0.05) is 0 Å². The Labute approximate surface area is 52.9 Å². The largest absolute Gasteiger partial charge is 0.396 e. The predicted molar refractivity (Wildman–Crippen MR) is 34.3 cm³/mol. The summed E-state index contributed by atoms with van der Waals surface area (Å²) < 4.78 is 0. The number of nitrogens with two attached hydrogens (primary N) is 2. The van der Waals surface area contributed by atoms with Gasteiger partial charge in [-0.3, -0.25) is 0 Å².